The first-order valence-corrected chi connectivity index (χ1v) is 6.21. The number of thiazole rings is 1. The van der Waals surface area contributed by atoms with E-state index >= 15 is 0 Å². The summed E-state index contributed by atoms with van der Waals surface area (Å²) in [5, 5.41) is 3.32. The monoisotopic (exact) mass is 209 g/mol. The first-order chi connectivity index (χ1) is 6.40. The van der Waals surface area contributed by atoms with E-state index in [1.54, 1.807) is 11.3 Å². The zero-order chi connectivity index (χ0) is 9.10. The number of hydrogen-bond donors (Lipinski definition) is 0. The third-order valence-corrected chi connectivity index (χ3v) is 3.90. The van der Waals surface area contributed by atoms with Crippen LogP contribution in [0.15, 0.2) is 23.6 Å². The molecular formula is C10H11NS2. The van der Waals surface area contributed by atoms with Crippen LogP contribution in [0, 0.1) is 0 Å². The van der Waals surface area contributed by atoms with Gasteiger partial charge in [-0.25, -0.2) is 4.98 Å². The van der Waals surface area contributed by atoms with Crippen molar-refractivity contribution in [3.63, 3.8) is 0 Å². The summed E-state index contributed by atoms with van der Waals surface area (Å²) in [6, 6.07) is 0. The van der Waals surface area contributed by atoms with Gasteiger partial charge in [-0.1, -0.05) is 19.1 Å². The number of aryl methyl sites for hydroxylation is 1. The Morgan fingerprint density at radius 2 is 2.46 bits per heavy atom. The minimum absolute atomic E-state index is 1.03. The van der Waals surface area contributed by atoms with E-state index in [1.807, 2.05) is 11.8 Å². The topological polar surface area (TPSA) is 12.9 Å². The third-order valence-electron chi connectivity index (χ3n) is 1.84. The van der Waals surface area contributed by atoms with E-state index in [1.165, 1.54) is 15.6 Å². The maximum Gasteiger partial charge on any atom is 0.129 e. The van der Waals surface area contributed by atoms with E-state index in [9.17, 15) is 0 Å². The molecule has 2 rings (SSSR count). The van der Waals surface area contributed by atoms with Gasteiger partial charge >= 0.3 is 0 Å². The molecule has 1 aliphatic rings. The normalized spacial score (nSPS) is 15.9. The molecule has 0 atom stereocenters. The van der Waals surface area contributed by atoms with Crippen molar-refractivity contribution in [2.75, 3.05) is 5.75 Å². The highest BCUT2D eigenvalue weighted by Crippen LogP contribution is 2.32. The van der Waals surface area contributed by atoms with Crippen LogP contribution in [0.1, 0.15) is 17.6 Å². The molecule has 0 aromatic carbocycles. The number of hydrogen-bond acceptors (Lipinski definition) is 3. The van der Waals surface area contributed by atoms with Crippen LogP contribution in [0.5, 0.6) is 0 Å². The molecule has 13 heavy (non-hydrogen) atoms. The molecule has 0 spiro atoms. The van der Waals surface area contributed by atoms with Gasteiger partial charge in [0.25, 0.3) is 0 Å². The molecule has 0 N–H and O–H groups in total. The standard InChI is InChI=1S/C10H11NS2/c1-2-8-7-13-10(11-8)9-5-3-4-6-12-9/h3-5,7H,2,6H2,1H3. The Bertz CT molecular complexity index is 350. The van der Waals surface area contributed by atoms with Gasteiger partial charge in [0.2, 0.25) is 0 Å². The van der Waals surface area contributed by atoms with Crippen molar-refractivity contribution in [2.45, 2.75) is 13.3 Å². The second-order valence-corrected chi connectivity index (χ2v) is 4.69. The minimum Gasteiger partial charge on any atom is -0.241 e. The van der Waals surface area contributed by atoms with E-state index < -0.39 is 0 Å². The molecule has 0 saturated heterocycles. The summed E-state index contributed by atoms with van der Waals surface area (Å²) in [7, 11) is 0. The van der Waals surface area contributed by atoms with Crippen molar-refractivity contribution >= 4 is 28.0 Å². The quantitative estimate of drug-likeness (QED) is 0.741. The van der Waals surface area contributed by atoms with Crippen LogP contribution in [0.3, 0.4) is 0 Å². The summed E-state index contributed by atoms with van der Waals surface area (Å²) < 4.78 is 0. The molecule has 1 nitrogen and oxygen atoms in total. The van der Waals surface area contributed by atoms with E-state index in [0.717, 1.165) is 12.2 Å². The average Bonchev–Trinajstić information content (AvgIpc) is 2.67. The van der Waals surface area contributed by atoms with Crippen LogP contribution >= 0.6 is 23.1 Å². The van der Waals surface area contributed by atoms with Crippen LogP contribution in [-0.4, -0.2) is 10.7 Å². The summed E-state index contributed by atoms with van der Waals surface area (Å²) in [5.74, 6) is 1.08. The smallest absolute Gasteiger partial charge is 0.129 e. The van der Waals surface area contributed by atoms with E-state index in [2.05, 4.69) is 35.5 Å². The Hall–Kier alpha value is -0.540. The van der Waals surface area contributed by atoms with Gasteiger partial charge < -0.3 is 0 Å². The summed E-state index contributed by atoms with van der Waals surface area (Å²) in [6.45, 7) is 2.14. The number of allylic oxidation sites excluding steroid dienone is 2. The second-order valence-electron chi connectivity index (χ2n) is 2.77. The maximum absolute atomic E-state index is 4.55. The lowest BCUT2D eigenvalue weighted by atomic mass is 10.4. The van der Waals surface area contributed by atoms with Crippen molar-refractivity contribution in [2.24, 2.45) is 0 Å². The third kappa shape index (κ3) is 2.03. The molecule has 0 unspecified atom stereocenters. The van der Waals surface area contributed by atoms with Crippen LogP contribution in [0.25, 0.3) is 4.91 Å². The first-order valence-electron chi connectivity index (χ1n) is 4.34. The fourth-order valence-corrected chi connectivity index (χ4v) is 2.99. The van der Waals surface area contributed by atoms with E-state index in [-0.39, 0.29) is 0 Å². The summed E-state index contributed by atoms with van der Waals surface area (Å²) >= 11 is 3.61. The Morgan fingerprint density at radius 3 is 3.08 bits per heavy atom. The molecule has 0 amide bonds. The van der Waals surface area contributed by atoms with Crippen molar-refractivity contribution in [1.82, 2.24) is 4.98 Å². The maximum atomic E-state index is 4.55. The summed E-state index contributed by atoms with van der Waals surface area (Å²) in [5.41, 5.74) is 1.20. The zero-order valence-corrected chi connectivity index (χ0v) is 9.12. The predicted octanol–water partition coefficient (Wildman–Crippen LogP) is 3.35. The molecular weight excluding hydrogens is 198 g/mol. The van der Waals surface area contributed by atoms with Gasteiger partial charge in [0.1, 0.15) is 5.01 Å². The second kappa shape index (κ2) is 4.11. The highest BCUT2D eigenvalue weighted by atomic mass is 32.2. The molecule has 1 aromatic heterocycles. The number of thioether (sulfide) groups is 1. The highest BCUT2D eigenvalue weighted by molar-refractivity contribution is 8.08. The molecule has 2 heterocycles. The Morgan fingerprint density at radius 1 is 1.54 bits per heavy atom. The molecule has 68 valence electrons. The number of nitrogens with zero attached hydrogens (tertiary/aromatic N) is 1. The van der Waals surface area contributed by atoms with Gasteiger partial charge in [-0.3, -0.25) is 0 Å². The first kappa shape index (κ1) is 9.03. The van der Waals surface area contributed by atoms with Gasteiger partial charge in [0.05, 0.1) is 5.69 Å². The molecule has 1 aromatic rings. The van der Waals surface area contributed by atoms with Gasteiger partial charge in [-0.05, 0) is 12.5 Å². The molecule has 0 saturated carbocycles. The Kier molecular flexibility index (Phi) is 2.86. The zero-order valence-electron chi connectivity index (χ0n) is 7.49. The number of aromatic nitrogens is 1. The summed E-state index contributed by atoms with van der Waals surface area (Å²) in [4.78, 5) is 5.86. The van der Waals surface area contributed by atoms with Crippen LogP contribution < -0.4 is 0 Å². The van der Waals surface area contributed by atoms with Crippen molar-refractivity contribution < 1.29 is 0 Å². The van der Waals surface area contributed by atoms with Gasteiger partial charge in [0.15, 0.2) is 0 Å². The molecule has 0 fully saturated rings. The van der Waals surface area contributed by atoms with Crippen LogP contribution in [-0.2, 0) is 6.42 Å². The van der Waals surface area contributed by atoms with Crippen molar-refractivity contribution in [1.29, 1.82) is 0 Å². The lowest BCUT2D eigenvalue weighted by Gasteiger charge is -2.03. The van der Waals surface area contributed by atoms with Gasteiger partial charge in [-0.15, -0.1) is 23.1 Å². The Balaban J connectivity index is 2.24. The lowest BCUT2D eigenvalue weighted by molar-refractivity contribution is 1.06. The van der Waals surface area contributed by atoms with E-state index in [4.69, 9.17) is 0 Å². The van der Waals surface area contributed by atoms with E-state index in [0.29, 0.717) is 0 Å². The van der Waals surface area contributed by atoms with Crippen molar-refractivity contribution in [3.8, 4) is 0 Å². The SMILES string of the molecule is CCc1csc(C2=CC=CCS2)n1. The largest absolute Gasteiger partial charge is 0.241 e. The molecule has 1 aliphatic heterocycles. The minimum atomic E-state index is 1.03. The predicted molar refractivity (Wildman–Crippen MR) is 61.1 cm³/mol. The number of rotatable bonds is 2. The average molecular weight is 209 g/mol. The molecule has 0 aliphatic carbocycles. The fraction of sp³-hybridized carbons (Fsp3) is 0.300. The fourth-order valence-electron chi connectivity index (χ4n) is 1.11. The Labute approximate surface area is 86.6 Å². The van der Waals surface area contributed by atoms with Crippen LogP contribution in [0.4, 0.5) is 0 Å². The van der Waals surface area contributed by atoms with Crippen molar-refractivity contribution in [3.05, 3.63) is 34.3 Å². The van der Waals surface area contributed by atoms with Crippen LogP contribution in [0.2, 0.25) is 0 Å². The van der Waals surface area contributed by atoms with Gasteiger partial charge in [-0.2, -0.15) is 0 Å². The molecule has 3 heteroatoms. The summed E-state index contributed by atoms with van der Waals surface area (Å²) in [6.07, 6.45) is 7.46. The highest BCUT2D eigenvalue weighted by Gasteiger charge is 2.07. The molecule has 0 bridgehead atoms. The molecule has 0 radical (unpaired) electrons. The van der Waals surface area contributed by atoms with Gasteiger partial charge in [0, 0.05) is 16.0 Å². The lowest BCUT2D eigenvalue weighted by Crippen LogP contribution is -1.85.